The molecule has 0 spiro atoms. The minimum absolute atomic E-state index is 0.249. The maximum atomic E-state index is 13.1. The standard InChI is InChI=1S/C11H15FN2S/c12-8-4-9(13)6-11(5-8)15-10-2-1-3-14-7-10/h4-6,10,14H,1-3,7,13H2. The molecular weight excluding hydrogens is 211 g/mol. The van der Waals surface area contributed by atoms with Gasteiger partial charge in [-0.05, 0) is 37.6 Å². The Morgan fingerprint density at radius 3 is 2.93 bits per heavy atom. The SMILES string of the molecule is Nc1cc(F)cc(SC2CCCNC2)c1. The van der Waals surface area contributed by atoms with Crippen molar-refractivity contribution in [1.82, 2.24) is 5.32 Å². The molecule has 1 aliphatic heterocycles. The van der Waals surface area contributed by atoms with E-state index in [1.165, 1.54) is 18.9 Å². The van der Waals surface area contributed by atoms with Gasteiger partial charge in [0.25, 0.3) is 0 Å². The molecule has 1 saturated heterocycles. The molecule has 1 atom stereocenters. The fourth-order valence-corrected chi connectivity index (χ4v) is 3.02. The van der Waals surface area contributed by atoms with Gasteiger partial charge in [-0.25, -0.2) is 4.39 Å². The average Bonchev–Trinajstić information content (AvgIpc) is 2.17. The number of benzene rings is 1. The number of piperidine rings is 1. The largest absolute Gasteiger partial charge is 0.399 e. The first-order chi connectivity index (χ1) is 7.24. The number of hydrogen-bond acceptors (Lipinski definition) is 3. The zero-order chi connectivity index (χ0) is 10.7. The van der Waals surface area contributed by atoms with Crippen LogP contribution in [0.4, 0.5) is 10.1 Å². The van der Waals surface area contributed by atoms with Crippen molar-refractivity contribution in [3.63, 3.8) is 0 Å². The van der Waals surface area contributed by atoms with Gasteiger partial charge < -0.3 is 11.1 Å². The van der Waals surface area contributed by atoms with E-state index in [9.17, 15) is 4.39 Å². The van der Waals surface area contributed by atoms with Crippen molar-refractivity contribution in [2.75, 3.05) is 18.8 Å². The molecule has 0 saturated carbocycles. The fourth-order valence-electron chi connectivity index (χ4n) is 1.77. The number of nitrogens with two attached hydrogens (primary N) is 1. The van der Waals surface area contributed by atoms with Gasteiger partial charge >= 0.3 is 0 Å². The molecule has 2 nitrogen and oxygen atoms in total. The van der Waals surface area contributed by atoms with E-state index in [0.29, 0.717) is 10.9 Å². The quantitative estimate of drug-likeness (QED) is 0.760. The van der Waals surface area contributed by atoms with Crippen LogP contribution in [0.25, 0.3) is 0 Å². The summed E-state index contributed by atoms with van der Waals surface area (Å²) in [6.07, 6.45) is 2.39. The second kappa shape index (κ2) is 4.86. The van der Waals surface area contributed by atoms with Crippen molar-refractivity contribution in [1.29, 1.82) is 0 Å². The molecule has 1 fully saturated rings. The minimum atomic E-state index is -0.249. The van der Waals surface area contributed by atoms with Crippen LogP contribution >= 0.6 is 11.8 Å². The van der Waals surface area contributed by atoms with Crippen LogP contribution in [0, 0.1) is 5.82 Å². The number of anilines is 1. The summed E-state index contributed by atoms with van der Waals surface area (Å²) in [7, 11) is 0. The molecule has 1 heterocycles. The highest BCUT2D eigenvalue weighted by Gasteiger charge is 2.14. The highest BCUT2D eigenvalue weighted by atomic mass is 32.2. The number of nitrogen functional groups attached to an aromatic ring is 1. The average molecular weight is 226 g/mol. The predicted molar refractivity (Wildman–Crippen MR) is 62.6 cm³/mol. The summed E-state index contributed by atoms with van der Waals surface area (Å²) in [4.78, 5) is 0.932. The topological polar surface area (TPSA) is 38.0 Å². The first kappa shape index (κ1) is 10.8. The number of halogens is 1. The molecule has 2 rings (SSSR count). The lowest BCUT2D eigenvalue weighted by Gasteiger charge is -2.22. The van der Waals surface area contributed by atoms with Crippen LogP contribution in [0.1, 0.15) is 12.8 Å². The highest BCUT2D eigenvalue weighted by molar-refractivity contribution is 8.00. The second-order valence-corrected chi connectivity index (χ2v) is 5.18. The van der Waals surface area contributed by atoms with Crippen LogP contribution in [-0.4, -0.2) is 18.3 Å². The first-order valence-corrected chi connectivity index (χ1v) is 6.05. The third kappa shape index (κ3) is 3.11. The number of hydrogen-bond donors (Lipinski definition) is 2. The summed E-state index contributed by atoms with van der Waals surface area (Å²) >= 11 is 1.71. The van der Waals surface area contributed by atoms with Crippen molar-refractivity contribution < 1.29 is 4.39 Å². The Bertz CT molecular complexity index is 317. The maximum absolute atomic E-state index is 13.1. The molecular formula is C11H15FN2S. The summed E-state index contributed by atoms with van der Waals surface area (Å²) in [6.45, 7) is 2.10. The van der Waals surface area contributed by atoms with E-state index in [4.69, 9.17) is 5.73 Å². The van der Waals surface area contributed by atoms with Crippen molar-refractivity contribution >= 4 is 17.4 Å². The summed E-state index contributed by atoms with van der Waals surface area (Å²) in [6, 6.07) is 4.74. The molecule has 82 valence electrons. The molecule has 0 aromatic heterocycles. The summed E-state index contributed by atoms with van der Waals surface area (Å²) in [5.74, 6) is -0.249. The van der Waals surface area contributed by atoms with Crippen molar-refractivity contribution in [3.05, 3.63) is 24.0 Å². The summed E-state index contributed by atoms with van der Waals surface area (Å²) < 4.78 is 13.1. The Hall–Kier alpha value is -0.740. The fraction of sp³-hybridized carbons (Fsp3) is 0.455. The van der Waals surface area contributed by atoms with Gasteiger partial charge in [-0.1, -0.05) is 0 Å². The van der Waals surface area contributed by atoms with Gasteiger partial charge in [0.1, 0.15) is 5.82 Å². The van der Waals surface area contributed by atoms with E-state index in [1.807, 2.05) is 6.07 Å². The lowest BCUT2D eigenvalue weighted by Crippen LogP contribution is -2.31. The smallest absolute Gasteiger partial charge is 0.126 e. The van der Waals surface area contributed by atoms with Gasteiger partial charge in [-0.15, -0.1) is 11.8 Å². The predicted octanol–water partition coefficient (Wildman–Crippen LogP) is 2.25. The van der Waals surface area contributed by atoms with Gasteiger partial charge in [0.05, 0.1) is 0 Å². The molecule has 1 aromatic carbocycles. The summed E-state index contributed by atoms with van der Waals surface area (Å²) in [5, 5.41) is 3.88. The molecule has 0 bridgehead atoms. The first-order valence-electron chi connectivity index (χ1n) is 5.17. The molecule has 0 aliphatic carbocycles. The molecule has 1 unspecified atom stereocenters. The van der Waals surface area contributed by atoms with E-state index in [-0.39, 0.29) is 5.82 Å². The molecule has 1 aromatic rings. The molecule has 4 heteroatoms. The number of rotatable bonds is 2. The van der Waals surface area contributed by atoms with E-state index >= 15 is 0 Å². The number of nitrogens with one attached hydrogen (secondary N) is 1. The molecule has 3 N–H and O–H groups in total. The van der Waals surface area contributed by atoms with E-state index in [1.54, 1.807) is 17.8 Å². The normalized spacial score (nSPS) is 21.5. The number of thioether (sulfide) groups is 1. The third-order valence-electron chi connectivity index (χ3n) is 2.45. The van der Waals surface area contributed by atoms with Crippen LogP contribution in [0.3, 0.4) is 0 Å². The second-order valence-electron chi connectivity index (χ2n) is 3.81. The third-order valence-corrected chi connectivity index (χ3v) is 3.69. The van der Waals surface area contributed by atoms with Gasteiger partial charge in [-0.2, -0.15) is 0 Å². The van der Waals surface area contributed by atoms with Gasteiger partial charge in [0, 0.05) is 22.4 Å². The zero-order valence-electron chi connectivity index (χ0n) is 8.50. The monoisotopic (exact) mass is 226 g/mol. The Balaban J connectivity index is 2.02. The zero-order valence-corrected chi connectivity index (χ0v) is 9.32. The van der Waals surface area contributed by atoms with Crippen molar-refractivity contribution in [2.24, 2.45) is 0 Å². The van der Waals surface area contributed by atoms with Crippen LogP contribution in [-0.2, 0) is 0 Å². The van der Waals surface area contributed by atoms with Crippen LogP contribution in [0.15, 0.2) is 23.1 Å². The van der Waals surface area contributed by atoms with Crippen LogP contribution < -0.4 is 11.1 Å². The van der Waals surface area contributed by atoms with Gasteiger partial charge in [-0.3, -0.25) is 0 Å². The Morgan fingerprint density at radius 2 is 2.27 bits per heavy atom. The highest BCUT2D eigenvalue weighted by Crippen LogP contribution is 2.29. The van der Waals surface area contributed by atoms with Crippen LogP contribution in [0.2, 0.25) is 0 Å². The van der Waals surface area contributed by atoms with Crippen molar-refractivity contribution in [3.8, 4) is 0 Å². The van der Waals surface area contributed by atoms with E-state index in [2.05, 4.69) is 5.32 Å². The van der Waals surface area contributed by atoms with Gasteiger partial charge in [0.15, 0.2) is 0 Å². The molecule has 15 heavy (non-hydrogen) atoms. The van der Waals surface area contributed by atoms with E-state index in [0.717, 1.165) is 18.0 Å². The Morgan fingerprint density at radius 1 is 1.40 bits per heavy atom. The Kier molecular flexibility index (Phi) is 3.49. The molecule has 0 radical (unpaired) electrons. The van der Waals surface area contributed by atoms with E-state index < -0.39 is 0 Å². The molecule has 0 amide bonds. The van der Waals surface area contributed by atoms with Crippen molar-refractivity contribution in [2.45, 2.75) is 23.0 Å². The maximum Gasteiger partial charge on any atom is 0.126 e. The summed E-state index contributed by atoms with van der Waals surface area (Å²) in [5.41, 5.74) is 6.10. The Labute approximate surface area is 93.4 Å². The lowest BCUT2D eigenvalue weighted by atomic mass is 10.2. The lowest BCUT2D eigenvalue weighted by molar-refractivity contribution is 0.531. The minimum Gasteiger partial charge on any atom is -0.399 e. The van der Waals surface area contributed by atoms with Crippen LogP contribution in [0.5, 0.6) is 0 Å². The molecule has 1 aliphatic rings. The van der Waals surface area contributed by atoms with Gasteiger partial charge in [0.2, 0.25) is 0 Å².